The lowest BCUT2D eigenvalue weighted by molar-refractivity contribution is -0.113. The van der Waals surface area contributed by atoms with Crippen molar-refractivity contribution in [3.05, 3.63) is 90.0 Å². The van der Waals surface area contributed by atoms with E-state index in [1.165, 1.54) is 11.8 Å². The fourth-order valence-electron chi connectivity index (χ4n) is 2.58. The Kier molecular flexibility index (Phi) is 5.41. The van der Waals surface area contributed by atoms with Crippen LogP contribution in [-0.2, 0) is 4.79 Å². The Morgan fingerprint density at radius 1 is 0.929 bits per heavy atom. The summed E-state index contributed by atoms with van der Waals surface area (Å²) in [7, 11) is 0. The third-order valence-corrected chi connectivity index (χ3v) is 4.70. The Balaban J connectivity index is 1.37. The number of carbonyl (C=O) groups is 1. The van der Waals surface area contributed by atoms with Crippen molar-refractivity contribution in [3.63, 3.8) is 0 Å². The molecule has 4 nitrogen and oxygen atoms in total. The average molecular weight is 384 g/mol. The monoisotopic (exact) mass is 384 g/mol. The number of nitrogens with one attached hydrogen (secondary N) is 1. The van der Waals surface area contributed by atoms with Gasteiger partial charge in [-0.05, 0) is 42.5 Å². The lowest BCUT2D eigenvalue weighted by Gasteiger charge is -2.04. The molecule has 0 spiro atoms. The number of thioether (sulfide) groups is 1. The fourth-order valence-corrected chi connectivity index (χ4v) is 3.22. The molecule has 4 rings (SSSR count). The molecule has 0 saturated heterocycles. The molecule has 0 saturated carbocycles. The summed E-state index contributed by atoms with van der Waals surface area (Å²) in [4.78, 5) is 16.6. The maximum absolute atomic E-state index is 12.3. The van der Waals surface area contributed by atoms with Crippen LogP contribution in [0.1, 0.15) is 11.1 Å². The largest absolute Gasteiger partial charge is 0.431 e. The van der Waals surface area contributed by atoms with E-state index in [1.807, 2.05) is 78.9 Å². The van der Waals surface area contributed by atoms with Crippen LogP contribution in [0.25, 0.3) is 11.1 Å². The molecule has 4 aromatic rings. The van der Waals surface area contributed by atoms with Gasteiger partial charge in [0.1, 0.15) is 5.52 Å². The van der Waals surface area contributed by atoms with E-state index < -0.39 is 0 Å². The number of fused-ring (bicyclic) bond motifs is 1. The van der Waals surface area contributed by atoms with E-state index in [2.05, 4.69) is 22.1 Å². The SMILES string of the molecule is O=C(CSc1nc2ccccc2o1)Nc1cccc(C#Cc2ccccc2)c1. The number of rotatable bonds is 4. The summed E-state index contributed by atoms with van der Waals surface area (Å²) in [5.74, 6) is 6.32. The second-order valence-electron chi connectivity index (χ2n) is 5.98. The van der Waals surface area contributed by atoms with E-state index in [0.717, 1.165) is 22.2 Å². The molecule has 0 radical (unpaired) electrons. The summed E-state index contributed by atoms with van der Waals surface area (Å²) in [6, 6.07) is 24.8. The highest BCUT2D eigenvalue weighted by Gasteiger charge is 2.09. The van der Waals surface area contributed by atoms with Gasteiger partial charge in [0.15, 0.2) is 5.58 Å². The molecule has 0 atom stereocenters. The Bertz CT molecular complexity index is 1140. The number of carbonyl (C=O) groups excluding carboxylic acids is 1. The molecule has 1 aromatic heterocycles. The lowest BCUT2D eigenvalue weighted by atomic mass is 10.1. The van der Waals surface area contributed by atoms with Gasteiger partial charge >= 0.3 is 0 Å². The van der Waals surface area contributed by atoms with Crippen molar-refractivity contribution >= 4 is 34.5 Å². The molecule has 1 amide bonds. The van der Waals surface area contributed by atoms with Crippen LogP contribution >= 0.6 is 11.8 Å². The number of hydrogen-bond donors (Lipinski definition) is 1. The van der Waals surface area contributed by atoms with Gasteiger partial charge in [0.05, 0.1) is 5.75 Å². The Morgan fingerprint density at radius 2 is 1.68 bits per heavy atom. The van der Waals surface area contributed by atoms with Crippen LogP contribution in [0.2, 0.25) is 0 Å². The summed E-state index contributed by atoms with van der Waals surface area (Å²) in [5.41, 5.74) is 4.01. The first kappa shape index (κ1) is 17.9. The first-order chi connectivity index (χ1) is 13.8. The van der Waals surface area contributed by atoms with Crippen molar-refractivity contribution in [1.82, 2.24) is 4.98 Å². The highest BCUT2D eigenvalue weighted by Crippen LogP contribution is 2.23. The van der Waals surface area contributed by atoms with Crippen LogP contribution in [0, 0.1) is 11.8 Å². The molecule has 0 aliphatic carbocycles. The minimum absolute atomic E-state index is 0.125. The Morgan fingerprint density at radius 3 is 2.54 bits per heavy atom. The van der Waals surface area contributed by atoms with Gasteiger partial charge in [0.2, 0.25) is 5.91 Å². The molecule has 0 aliphatic rings. The van der Waals surface area contributed by atoms with Gasteiger partial charge in [-0.15, -0.1) is 0 Å². The van der Waals surface area contributed by atoms with Crippen LogP contribution in [0.5, 0.6) is 0 Å². The summed E-state index contributed by atoms with van der Waals surface area (Å²) in [6.07, 6.45) is 0. The fraction of sp³-hybridized carbons (Fsp3) is 0.0435. The highest BCUT2D eigenvalue weighted by atomic mass is 32.2. The van der Waals surface area contributed by atoms with Gasteiger partial charge in [0.25, 0.3) is 5.22 Å². The van der Waals surface area contributed by atoms with Crippen molar-refractivity contribution in [1.29, 1.82) is 0 Å². The summed E-state index contributed by atoms with van der Waals surface area (Å²) in [6.45, 7) is 0. The van der Waals surface area contributed by atoms with Crippen molar-refractivity contribution in [2.24, 2.45) is 0 Å². The van der Waals surface area contributed by atoms with Crippen LogP contribution < -0.4 is 5.32 Å². The van der Waals surface area contributed by atoms with Gasteiger partial charge < -0.3 is 9.73 Å². The molecule has 1 N–H and O–H groups in total. The second-order valence-corrected chi connectivity index (χ2v) is 6.91. The normalized spacial score (nSPS) is 10.3. The van der Waals surface area contributed by atoms with Crippen LogP contribution in [0.4, 0.5) is 5.69 Å². The third kappa shape index (κ3) is 4.61. The smallest absolute Gasteiger partial charge is 0.257 e. The number of benzene rings is 3. The van der Waals surface area contributed by atoms with Gasteiger partial charge in [-0.1, -0.05) is 60.0 Å². The molecule has 136 valence electrons. The molecule has 0 bridgehead atoms. The molecule has 0 fully saturated rings. The molecule has 1 heterocycles. The zero-order valence-corrected chi connectivity index (χ0v) is 15.7. The molecule has 5 heteroatoms. The van der Waals surface area contributed by atoms with E-state index in [0.29, 0.717) is 10.9 Å². The van der Waals surface area contributed by atoms with Gasteiger partial charge in [-0.3, -0.25) is 4.79 Å². The molecule has 0 aliphatic heterocycles. The van der Waals surface area contributed by atoms with E-state index in [9.17, 15) is 4.79 Å². The maximum Gasteiger partial charge on any atom is 0.257 e. The van der Waals surface area contributed by atoms with E-state index in [4.69, 9.17) is 4.42 Å². The van der Waals surface area contributed by atoms with E-state index in [1.54, 1.807) is 0 Å². The van der Waals surface area contributed by atoms with Gasteiger partial charge in [-0.2, -0.15) is 0 Å². The molecular formula is C23H16N2O2S. The minimum Gasteiger partial charge on any atom is -0.431 e. The predicted molar refractivity (Wildman–Crippen MR) is 112 cm³/mol. The minimum atomic E-state index is -0.125. The Labute approximate surface area is 167 Å². The molecule has 28 heavy (non-hydrogen) atoms. The topological polar surface area (TPSA) is 55.1 Å². The van der Waals surface area contributed by atoms with Gasteiger partial charge in [0, 0.05) is 16.8 Å². The Hall–Kier alpha value is -3.49. The number of oxazole rings is 1. The first-order valence-corrected chi connectivity index (χ1v) is 9.70. The van der Waals surface area contributed by atoms with Crippen LogP contribution in [-0.4, -0.2) is 16.6 Å². The standard InChI is InChI=1S/C23H16N2O2S/c26-22(16-28-23-25-20-11-4-5-12-21(20)27-23)24-19-10-6-9-18(15-19)14-13-17-7-2-1-3-8-17/h1-12,15H,16H2,(H,24,26). The highest BCUT2D eigenvalue weighted by molar-refractivity contribution is 7.99. The number of nitrogens with zero attached hydrogens (tertiary/aromatic N) is 1. The zero-order valence-electron chi connectivity index (χ0n) is 14.9. The molecule has 0 unspecified atom stereocenters. The lowest BCUT2D eigenvalue weighted by Crippen LogP contribution is -2.14. The summed E-state index contributed by atoms with van der Waals surface area (Å²) < 4.78 is 5.62. The predicted octanol–water partition coefficient (Wildman–Crippen LogP) is 4.96. The van der Waals surface area contributed by atoms with Crippen LogP contribution in [0.15, 0.2) is 88.5 Å². The number of anilines is 1. The zero-order chi connectivity index (χ0) is 19.2. The number of para-hydroxylation sites is 2. The summed E-state index contributed by atoms with van der Waals surface area (Å²) in [5, 5.41) is 3.37. The summed E-state index contributed by atoms with van der Waals surface area (Å²) >= 11 is 1.27. The number of amides is 1. The van der Waals surface area contributed by atoms with Crippen molar-refractivity contribution in [2.45, 2.75) is 5.22 Å². The maximum atomic E-state index is 12.3. The van der Waals surface area contributed by atoms with Crippen LogP contribution in [0.3, 0.4) is 0 Å². The first-order valence-electron chi connectivity index (χ1n) is 8.72. The second kappa shape index (κ2) is 8.47. The van der Waals surface area contributed by atoms with Gasteiger partial charge in [-0.25, -0.2) is 4.98 Å². The van der Waals surface area contributed by atoms with Crippen molar-refractivity contribution in [2.75, 3.05) is 11.1 Å². The molecular weight excluding hydrogens is 368 g/mol. The van der Waals surface area contributed by atoms with E-state index in [-0.39, 0.29) is 11.7 Å². The average Bonchev–Trinajstić information content (AvgIpc) is 3.15. The quantitative estimate of drug-likeness (QED) is 0.399. The van der Waals surface area contributed by atoms with Crippen molar-refractivity contribution in [3.8, 4) is 11.8 Å². The number of hydrogen-bond acceptors (Lipinski definition) is 4. The van der Waals surface area contributed by atoms with Crippen molar-refractivity contribution < 1.29 is 9.21 Å². The third-order valence-electron chi connectivity index (χ3n) is 3.87. The van der Waals surface area contributed by atoms with E-state index >= 15 is 0 Å². The number of aromatic nitrogens is 1. The molecule has 3 aromatic carbocycles.